The molecule has 1 aromatic carbocycles. The molecule has 2 rings (SSSR count). The van der Waals surface area contributed by atoms with E-state index in [1.165, 1.54) is 19.3 Å². The minimum atomic E-state index is 0.102. The number of likely N-dealkylation sites (tertiary alicyclic amines) is 1. The topological polar surface area (TPSA) is 48.0 Å². The summed E-state index contributed by atoms with van der Waals surface area (Å²) in [4.78, 5) is 14.8. The maximum Gasteiger partial charge on any atom is 0.203 e. The Kier molecular flexibility index (Phi) is 6.07. The molecule has 0 aromatic heterocycles. The van der Waals surface area contributed by atoms with E-state index in [1.807, 2.05) is 0 Å². The van der Waals surface area contributed by atoms with Gasteiger partial charge in [0.2, 0.25) is 5.75 Å². The van der Waals surface area contributed by atoms with Crippen LogP contribution in [0.3, 0.4) is 0 Å². The number of Topliss-reactive ketones (excluding diaryl/α,β-unsaturated/α-hetero) is 1. The molecular formula is C17H25NO4. The Morgan fingerprint density at radius 3 is 2.09 bits per heavy atom. The number of hydrogen-bond acceptors (Lipinski definition) is 5. The van der Waals surface area contributed by atoms with E-state index in [4.69, 9.17) is 14.2 Å². The van der Waals surface area contributed by atoms with Crippen molar-refractivity contribution in [3.05, 3.63) is 17.7 Å². The molecule has 1 heterocycles. The summed E-state index contributed by atoms with van der Waals surface area (Å²) in [7, 11) is 4.66. The Balaban J connectivity index is 2.08. The van der Waals surface area contributed by atoms with Crippen LogP contribution < -0.4 is 14.2 Å². The fraction of sp³-hybridized carbons (Fsp3) is 0.588. The summed E-state index contributed by atoms with van der Waals surface area (Å²) in [6.07, 6.45) is 4.28. The van der Waals surface area contributed by atoms with Gasteiger partial charge in [-0.3, -0.25) is 4.79 Å². The second-order valence-corrected chi connectivity index (χ2v) is 5.49. The molecule has 0 unspecified atom stereocenters. The molecule has 0 saturated carbocycles. The minimum absolute atomic E-state index is 0.102. The van der Waals surface area contributed by atoms with Crippen molar-refractivity contribution in [1.29, 1.82) is 0 Å². The summed E-state index contributed by atoms with van der Waals surface area (Å²) < 4.78 is 15.9. The second-order valence-electron chi connectivity index (χ2n) is 5.49. The van der Waals surface area contributed by atoms with Crippen molar-refractivity contribution >= 4 is 5.78 Å². The molecule has 0 atom stereocenters. The third-order valence-electron chi connectivity index (χ3n) is 4.09. The predicted molar refractivity (Wildman–Crippen MR) is 85.3 cm³/mol. The zero-order valence-electron chi connectivity index (χ0n) is 13.7. The standard InChI is InChI=1S/C17H25NO4/c1-20-15-11-13(12-16(21-2)17(15)22-3)14(19)7-10-18-8-5-4-6-9-18/h11-12H,4-10H2,1-3H3. The molecule has 22 heavy (non-hydrogen) atoms. The second kappa shape index (κ2) is 8.03. The van der Waals surface area contributed by atoms with Crippen molar-refractivity contribution in [3.63, 3.8) is 0 Å². The fourth-order valence-corrected chi connectivity index (χ4v) is 2.83. The van der Waals surface area contributed by atoms with Crippen LogP contribution in [0.5, 0.6) is 17.2 Å². The highest BCUT2D eigenvalue weighted by molar-refractivity contribution is 5.97. The Labute approximate surface area is 132 Å². The van der Waals surface area contributed by atoms with Crippen molar-refractivity contribution in [2.24, 2.45) is 0 Å². The smallest absolute Gasteiger partial charge is 0.203 e. The van der Waals surface area contributed by atoms with Crippen LogP contribution >= 0.6 is 0 Å². The van der Waals surface area contributed by atoms with E-state index in [0.717, 1.165) is 19.6 Å². The first-order valence-electron chi connectivity index (χ1n) is 7.75. The highest BCUT2D eigenvalue weighted by Gasteiger charge is 2.18. The number of hydrogen-bond donors (Lipinski definition) is 0. The summed E-state index contributed by atoms with van der Waals surface area (Å²) >= 11 is 0. The lowest BCUT2D eigenvalue weighted by Crippen LogP contribution is -2.31. The van der Waals surface area contributed by atoms with E-state index in [9.17, 15) is 4.79 Å². The first-order chi connectivity index (χ1) is 10.7. The molecule has 0 bridgehead atoms. The van der Waals surface area contributed by atoms with Gasteiger partial charge in [0, 0.05) is 18.5 Å². The first-order valence-corrected chi connectivity index (χ1v) is 7.75. The number of ether oxygens (including phenoxy) is 3. The molecule has 0 amide bonds. The summed E-state index contributed by atoms with van der Waals surface area (Å²) in [5.74, 6) is 1.65. The van der Waals surface area contributed by atoms with E-state index in [2.05, 4.69) is 4.90 Å². The van der Waals surface area contributed by atoms with Crippen LogP contribution in [0.25, 0.3) is 0 Å². The van der Waals surface area contributed by atoms with Gasteiger partial charge in [-0.25, -0.2) is 0 Å². The van der Waals surface area contributed by atoms with E-state index in [-0.39, 0.29) is 5.78 Å². The van der Waals surface area contributed by atoms with Gasteiger partial charge >= 0.3 is 0 Å². The predicted octanol–water partition coefficient (Wildman–Crippen LogP) is 2.77. The number of carbonyl (C=O) groups is 1. The van der Waals surface area contributed by atoms with Crippen LogP contribution in [-0.4, -0.2) is 51.6 Å². The van der Waals surface area contributed by atoms with E-state index in [0.29, 0.717) is 29.2 Å². The van der Waals surface area contributed by atoms with Crippen molar-refractivity contribution < 1.29 is 19.0 Å². The van der Waals surface area contributed by atoms with Crippen LogP contribution in [0.4, 0.5) is 0 Å². The SMILES string of the molecule is COc1cc(C(=O)CCN2CCCCC2)cc(OC)c1OC. The van der Waals surface area contributed by atoms with Gasteiger partial charge in [-0.05, 0) is 38.1 Å². The molecule has 0 aliphatic carbocycles. The Morgan fingerprint density at radius 1 is 1.00 bits per heavy atom. The molecule has 1 saturated heterocycles. The van der Waals surface area contributed by atoms with Gasteiger partial charge in [-0.1, -0.05) is 6.42 Å². The molecule has 122 valence electrons. The highest BCUT2D eigenvalue weighted by atomic mass is 16.5. The molecule has 0 radical (unpaired) electrons. The van der Waals surface area contributed by atoms with E-state index >= 15 is 0 Å². The van der Waals surface area contributed by atoms with Gasteiger partial charge in [0.25, 0.3) is 0 Å². The van der Waals surface area contributed by atoms with E-state index in [1.54, 1.807) is 33.5 Å². The van der Waals surface area contributed by atoms with Crippen molar-refractivity contribution in [1.82, 2.24) is 4.90 Å². The maximum atomic E-state index is 12.4. The molecule has 5 nitrogen and oxygen atoms in total. The summed E-state index contributed by atoms with van der Waals surface area (Å²) in [5, 5.41) is 0. The number of rotatable bonds is 7. The molecule has 1 fully saturated rings. The quantitative estimate of drug-likeness (QED) is 0.725. The lowest BCUT2D eigenvalue weighted by atomic mass is 10.1. The van der Waals surface area contributed by atoms with Gasteiger partial charge in [-0.15, -0.1) is 0 Å². The van der Waals surface area contributed by atoms with Crippen molar-refractivity contribution in [3.8, 4) is 17.2 Å². The Bertz CT molecular complexity index is 484. The third-order valence-corrected chi connectivity index (χ3v) is 4.09. The maximum absolute atomic E-state index is 12.4. The zero-order chi connectivity index (χ0) is 15.9. The van der Waals surface area contributed by atoms with E-state index < -0.39 is 0 Å². The lowest BCUT2D eigenvalue weighted by Gasteiger charge is -2.26. The molecule has 1 aliphatic rings. The molecule has 0 N–H and O–H groups in total. The molecule has 0 spiro atoms. The van der Waals surface area contributed by atoms with Gasteiger partial charge in [0.15, 0.2) is 17.3 Å². The molecule has 5 heteroatoms. The average Bonchev–Trinajstić information content (AvgIpc) is 2.59. The monoisotopic (exact) mass is 307 g/mol. The van der Waals surface area contributed by atoms with Gasteiger partial charge in [0.1, 0.15) is 0 Å². The number of methoxy groups -OCH3 is 3. The van der Waals surface area contributed by atoms with Crippen LogP contribution in [0.1, 0.15) is 36.0 Å². The van der Waals surface area contributed by atoms with Crippen LogP contribution in [0, 0.1) is 0 Å². The van der Waals surface area contributed by atoms with Gasteiger partial charge in [0.05, 0.1) is 21.3 Å². The van der Waals surface area contributed by atoms with Crippen LogP contribution in [0.2, 0.25) is 0 Å². The average molecular weight is 307 g/mol. The molecule has 1 aromatic rings. The summed E-state index contributed by atoms with van der Waals surface area (Å²) in [6.45, 7) is 3.01. The number of ketones is 1. The van der Waals surface area contributed by atoms with Gasteiger partial charge < -0.3 is 19.1 Å². The summed E-state index contributed by atoms with van der Waals surface area (Å²) in [5.41, 5.74) is 0.603. The molecular weight excluding hydrogens is 282 g/mol. The third kappa shape index (κ3) is 3.91. The zero-order valence-corrected chi connectivity index (χ0v) is 13.7. The largest absolute Gasteiger partial charge is 0.493 e. The number of carbonyl (C=O) groups excluding carboxylic acids is 1. The Morgan fingerprint density at radius 2 is 1.59 bits per heavy atom. The van der Waals surface area contributed by atoms with Gasteiger partial charge in [-0.2, -0.15) is 0 Å². The molecule has 1 aliphatic heterocycles. The Hall–Kier alpha value is -1.75. The minimum Gasteiger partial charge on any atom is -0.493 e. The summed E-state index contributed by atoms with van der Waals surface area (Å²) in [6, 6.07) is 3.44. The first kappa shape index (κ1) is 16.6. The number of benzene rings is 1. The normalized spacial score (nSPS) is 15.4. The lowest BCUT2D eigenvalue weighted by molar-refractivity contribution is 0.0958. The van der Waals surface area contributed by atoms with Crippen molar-refractivity contribution in [2.75, 3.05) is 41.0 Å². The number of piperidine rings is 1. The highest BCUT2D eigenvalue weighted by Crippen LogP contribution is 2.38. The number of nitrogens with zero attached hydrogens (tertiary/aromatic N) is 1. The van der Waals surface area contributed by atoms with Crippen molar-refractivity contribution in [2.45, 2.75) is 25.7 Å². The van der Waals surface area contributed by atoms with Crippen LogP contribution in [0.15, 0.2) is 12.1 Å². The van der Waals surface area contributed by atoms with Crippen LogP contribution in [-0.2, 0) is 0 Å². The fourth-order valence-electron chi connectivity index (χ4n) is 2.83.